The Morgan fingerprint density at radius 1 is 0.875 bits per heavy atom. The maximum atomic E-state index is 10.4. The Hall–Kier alpha value is -0.530. The molecule has 0 aromatic carbocycles. The average Bonchev–Trinajstić information content (AvgIpc) is 2.31. The van der Waals surface area contributed by atoms with Gasteiger partial charge in [-0.15, -0.1) is 0 Å². The summed E-state index contributed by atoms with van der Waals surface area (Å²) in [7, 11) is 0. The number of hydrogen-bond acceptors (Lipinski definition) is 1. The standard InChI is InChI=1S/C14H28O2/c1-2-3-4-5-6-7-8-9-10-11-12-13-14(15)16/h2-13H2,1H3,(H,15,16)/i13D. The maximum absolute atomic E-state index is 10.4. The zero-order valence-corrected chi connectivity index (χ0v) is 10.7. The van der Waals surface area contributed by atoms with E-state index in [0.29, 0.717) is 6.42 Å². The van der Waals surface area contributed by atoms with Gasteiger partial charge in [0.25, 0.3) is 0 Å². The van der Waals surface area contributed by atoms with Gasteiger partial charge in [0.05, 0.1) is 0 Å². The molecule has 16 heavy (non-hydrogen) atoms. The van der Waals surface area contributed by atoms with Crippen molar-refractivity contribution >= 4 is 5.97 Å². The predicted octanol–water partition coefficient (Wildman–Crippen LogP) is 4.77. The molecule has 2 nitrogen and oxygen atoms in total. The minimum Gasteiger partial charge on any atom is -0.481 e. The molecule has 0 aliphatic rings. The Morgan fingerprint density at radius 3 is 1.62 bits per heavy atom. The van der Waals surface area contributed by atoms with E-state index in [1.54, 1.807) is 0 Å². The first-order chi connectivity index (χ1) is 8.18. The summed E-state index contributed by atoms with van der Waals surface area (Å²) in [5, 5.41) is 8.54. The van der Waals surface area contributed by atoms with E-state index in [0.717, 1.165) is 12.8 Å². The molecule has 0 fully saturated rings. The SMILES string of the molecule is [2H]C(CCCCCCCCCCCC)C(=O)O. The maximum Gasteiger partial charge on any atom is 0.303 e. The van der Waals surface area contributed by atoms with Crippen molar-refractivity contribution in [3.8, 4) is 0 Å². The summed E-state index contributed by atoms with van der Waals surface area (Å²) in [6.45, 7) is 2.23. The number of carboxylic acids is 1. The number of unbranched alkanes of at least 4 members (excludes halogenated alkanes) is 9. The molecule has 0 aromatic heterocycles. The van der Waals surface area contributed by atoms with Gasteiger partial charge in [0.1, 0.15) is 0 Å². The zero-order valence-electron chi connectivity index (χ0n) is 11.7. The van der Waals surface area contributed by atoms with Crippen LogP contribution in [0.3, 0.4) is 0 Å². The van der Waals surface area contributed by atoms with Crippen LogP contribution in [0.1, 0.15) is 85.3 Å². The summed E-state index contributed by atoms with van der Waals surface area (Å²) in [6, 6.07) is 0. The summed E-state index contributed by atoms with van der Waals surface area (Å²) < 4.78 is 7.24. The summed E-state index contributed by atoms with van der Waals surface area (Å²) in [4.78, 5) is 10.4. The third kappa shape index (κ3) is 13.5. The molecule has 96 valence electrons. The van der Waals surface area contributed by atoms with Crippen LogP contribution < -0.4 is 0 Å². The lowest BCUT2D eigenvalue weighted by atomic mass is 10.1. The van der Waals surface area contributed by atoms with Crippen LogP contribution >= 0.6 is 0 Å². The highest BCUT2D eigenvalue weighted by Crippen LogP contribution is 2.11. The lowest BCUT2D eigenvalue weighted by Crippen LogP contribution is -1.93. The molecule has 0 aliphatic carbocycles. The fourth-order valence-corrected chi connectivity index (χ4v) is 1.86. The first kappa shape index (κ1) is 13.5. The van der Waals surface area contributed by atoms with Crippen molar-refractivity contribution in [2.24, 2.45) is 0 Å². The van der Waals surface area contributed by atoms with Gasteiger partial charge in [0, 0.05) is 7.77 Å². The molecule has 0 spiro atoms. The topological polar surface area (TPSA) is 37.3 Å². The minimum absolute atomic E-state index is 0.506. The second kappa shape index (κ2) is 12.5. The molecule has 0 rings (SSSR count). The second-order valence-corrected chi connectivity index (χ2v) is 4.51. The summed E-state index contributed by atoms with van der Waals surface area (Å²) in [5.41, 5.74) is 0. The summed E-state index contributed by atoms with van der Waals surface area (Å²) in [6.07, 6.45) is 12.1. The van der Waals surface area contributed by atoms with Crippen molar-refractivity contribution in [3.63, 3.8) is 0 Å². The first-order valence-electron chi connectivity index (χ1n) is 7.41. The molecule has 1 unspecified atom stereocenters. The van der Waals surface area contributed by atoms with E-state index in [4.69, 9.17) is 6.48 Å². The van der Waals surface area contributed by atoms with Crippen LogP contribution in [0.4, 0.5) is 0 Å². The van der Waals surface area contributed by atoms with Crippen LogP contribution in [0, 0.1) is 0 Å². The number of carboxylic acid groups (broad SMARTS) is 1. The molecule has 0 aliphatic heterocycles. The van der Waals surface area contributed by atoms with Crippen molar-refractivity contribution < 1.29 is 11.3 Å². The van der Waals surface area contributed by atoms with Gasteiger partial charge in [-0.25, -0.2) is 0 Å². The highest BCUT2D eigenvalue weighted by molar-refractivity contribution is 5.66. The zero-order chi connectivity index (χ0) is 12.9. The predicted molar refractivity (Wildman–Crippen MR) is 68.7 cm³/mol. The second-order valence-electron chi connectivity index (χ2n) is 4.51. The average molecular weight is 229 g/mol. The Balaban J connectivity index is 3.06. The molecule has 0 aromatic rings. The van der Waals surface area contributed by atoms with Gasteiger partial charge in [-0.2, -0.15) is 0 Å². The molecule has 0 radical (unpaired) electrons. The van der Waals surface area contributed by atoms with E-state index in [-0.39, 0.29) is 0 Å². The molecule has 1 atom stereocenters. The number of hydrogen-bond donors (Lipinski definition) is 1. The van der Waals surface area contributed by atoms with Crippen LogP contribution in [0.2, 0.25) is 0 Å². The molecule has 0 saturated heterocycles. The van der Waals surface area contributed by atoms with Crippen molar-refractivity contribution in [2.75, 3.05) is 0 Å². The molecule has 0 saturated carbocycles. The van der Waals surface area contributed by atoms with Crippen LogP contribution in [0.15, 0.2) is 0 Å². The van der Waals surface area contributed by atoms with E-state index < -0.39 is 12.4 Å². The smallest absolute Gasteiger partial charge is 0.303 e. The van der Waals surface area contributed by atoms with Gasteiger partial charge in [-0.3, -0.25) is 4.79 Å². The monoisotopic (exact) mass is 229 g/mol. The Morgan fingerprint density at radius 2 is 1.25 bits per heavy atom. The van der Waals surface area contributed by atoms with Gasteiger partial charge in [-0.05, 0) is 6.42 Å². The van der Waals surface area contributed by atoms with Gasteiger partial charge < -0.3 is 5.11 Å². The van der Waals surface area contributed by atoms with Crippen LogP contribution in [0.5, 0.6) is 0 Å². The summed E-state index contributed by atoms with van der Waals surface area (Å²) in [5.74, 6) is -0.985. The van der Waals surface area contributed by atoms with Crippen LogP contribution in [0.25, 0.3) is 0 Å². The fraction of sp³-hybridized carbons (Fsp3) is 0.929. The van der Waals surface area contributed by atoms with Gasteiger partial charge >= 0.3 is 5.97 Å². The number of rotatable bonds is 12. The third-order valence-corrected chi connectivity index (χ3v) is 2.88. The van der Waals surface area contributed by atoms with E-state index in [1.807, 2.05) is 0 Å². The molecule has 0 amide bonds. The quantitative estimate of drug-likeness (QED) is 0.489. The van der Waals surface area contributed by atoms with Crippen LogP contribution in [-0.4, -0.2) is 11.1 Å². The molecular formula is C14H28O2. The third-order valence-electron chi connectivity index (χ3n) is 2.88. The molecular weight excluding hydrogens is 200 g/mol. The largest absolute Gasteiger partial charge is 0.481 e. The first-order valence-corrected chi connectivity index (χ1v) is 6.83. The Bertz CT molecular complexity index is 183. The van der Waals surface area contributed by atoms with Gasteiger partial charge in [0.15, 0.2) is 0 Å². The molecule has 0 bridgehead atoms. The van der Waals surface area contributed by atoms with E-state index in [1.165, 1.54) is 51.4 Å². The lowest BCUT2D eigenvalue weighted by Gasteiger charge is -2.01. The normalized spacial score (nSPS) is 13.4. The van der Waals surface area contributed by atoms with E-state index >= 15 is 0 Å². The van der Waals surface area contributed by atoms with Crippen molar-refractivity contribution in [3.05, 3.63) is 0 Å². The molecule has 2 heteroatoms. The van der Waals surface area contributed by atoms with Crippen LogP contribution in [-0.2, 0) is 4.79 Å². The summed E-state index contributed by atoms with van der Waals surface area (Å²) >= 11 is 0. The highest BCUT2D eigenvalue weighted by atomic mass is 16.4. The number of carbonyl (C=O) groups is 1. The van der Waals surface area contributed by atoms with E-state index in [2.05, 4.69) is 6.92 Å². The van der Waals surface area contributed by atoms with E-state index in [9.17, 15) is 4.79 Å². The lowest BCUT2D eigenvalue weighted by molar-refractivity contribution is -0.137. The highest BCUT2D eigenvalue weighted by Gasteiger charge is 1.96. The van der Waals surface area contributed by atoms with Crippen molar-refractivity contribution in [1.29, 1.82) is 0 Å². The number of aliphatic carboxylic acids is 1. The Kier molecular flexibility index (Phi) is 10.6. The van der Waals surface area contributed by atoms with Crippen molar-refractivity contribution in [1.82, 2.24) is 0 Å². The molecule has 1 N–H and O–H groups in total. The molecule has 0 heterocycles. The fourth-order valence-electron chi connectivity index (χ4n) is 1.86. The van der Waals surface area contributed by atoms with Gasteiger partial charge in [0.2, 0.25) is 0 Å². The minimum atomic E-state index is -0.985. The van der Waals surface area contributed by atoms with Crippen molar-refractivity contribution in [2.45, 2.75) is 83.9 Å². The van der Waals surface area contributed by atoms with Gasteiger partial charge in [-0.1, -0.05) is 71.1 Å². The Labute approximate surface area is 102 Å².